The Labute approximate surface area is 246 Å². The maximum Gasteiger partial charge on any atom is 0.255 e. The van der Waals surface area contributed by atoms with Crippen LogP contribution >= 0.6 is 34.8 Å². The number of nitrogens with one attached hydrogen (secondary N) is 1. The van der Waals surface area contributed by atoms with Gasteiger partial charge in [0.05, 0.1) is 39.3 Å². The number of nitrogens with zero attached hydrogens (tertiary/aromatic N) is 5. The highest BCUT2D eigenvalue weighted by molar-refractivity contribution is 6.39. The van der Waals surface area contributed by atoms with E-state index in [9.17, 15) is 9.59 Å². The SMILES string of the molecule is CC(C)(C)CC(=O)Nc1ccc(Cl)c(C(=O)N2CC(c3ocnc3Cn3cc(-c4c(Cl)cccc4Cl)nn3)C2)c1. The molecule has 2 aromatic carbocycles. The highest BCUT2D eigenvalue weighted by Gasteiger charge is 2.37. The standard InChI is InChI=1S/C28H27Cl3N6O3/c1-28(2,3)10-24(38)33-17-7-8-19(29)18(9-17)27(39)36-11-16(12-36)26-23(32-15-40-26)14-37-13-22(34-35-37)25-20(30)5-4-6-21(25)31/h4-9,13,15-16H,10-12,14H2,1-3H3,(H,33,38). The minimum atomic E-state index is -0.216. The van der Waals surface area contributed by atoms with E-state index in [0.717, 1.165) is 0 Å². The molecule has 1 saturated heterocycles. The average molecular weight is 602 g/mol. The summed E-state index contributed by atoms with van der Waals surface area (Å²) in [6, 6.07) is 10.2. The van der Waals surface area contributed by atoms with Crippen LogP contribution in [0.2, 0.25) is 15.1 Å². The Kier molecular flexibility index (Phi) is 7.90. The molecule has 1 fully saturated rings. The van der Waals surface area contributed by atoms with Gasteiger partial charge < -0.3 is 14.6 Å². The molecule has 5 rings (SSSR count). The first kappa shape index (κ1) is 28.1. The summed E-state index contributed by atoms with van der Waals surface area (Å²) in [5.74, 6) is 0.318. The van der Waals surface area contributed by atoms with E-state index in [1.54, 1.807) is 52.2 Å². The number of hydrogen-bond donors (Lipinski definition) is 1. The van der Waals surface area contributed by atoms with Gasteiger partial charge in [-0.1, -0.05) is 66.9 Å². The summed E-state index contributed by atoms with van der Waals surface area (Å²) in [5.41, 5.74) is 2.57. The van der Waals surface area contributed by atoms with Crippen LogP contribution in [0.25, 0.3) is 11.3 Å². The average Bonchev–Trinajstić information content (AvgIpc) is 3.48. The summed E-state index contributed by atoms with van der Waals surface area (Å²) in [4.78, 5) is 31.6. The lowest BCUT2D eigenvalue weighted by Gasteiger charge is -2.38. The zero-order chi connectivity index (χ0) is 28.6. The lowest BCUT2D eigenvalue weighted by atomic mass is 9.92. The molecule has 0 unspecified atom stereocenters. The van der Waals surface area contributed by atoms with Gasteiger partial charge in [-0.3, -0.25) is 9.59 Å². The van der Waals surface area contributed by atoms with Crippen molar-refractivity contribution in [3.05, 3.63) is 81.1 Å². The van der Waals surface area contributed by atoms with Gasteiger partial charge in [0, 0.05) is 30.8 Å². The Morgan fingerprint density at radius 1 is 1.07 bits per heavy atom. The van der Waals surface area contributed by atoms with Crippen molar-refractivity contribution < 1.29 is 14.0 Å². The molecule has 0 bridgehead atoms. The summed E-state index contributed by atoms with van der Waals surface area (Å²) >= 11 is 19.0. The first-order chi connectivity index (χ1) is 19.0. The van der Waals surface area contributed by atoms with Gasteiger partial charge >= 0.3 is 0 Å². The zero-order valence-corrected chi connectivity index (χ0v) is 24.4. The van der Waals surface area contributed by atoms with E-state index in [1.165, 1.54) is 6.39 Å². The largest absolute Gasteiger partial charge is 0.448 e. The molecule has 2 aromatic heterocycles. The fraction of sp³-hybridized carbons (Fsp3) is 0.321. The van der Waals surface area contributed by atoms with Gasteiger partial charge in [-0.15, -0.1) is 5.10 Å². The van der Waals surface area contributed by atoms with Crippen molar-refractivity contribution in [1.82, 2.24) is 24.9 Å². The van der Waals surface area contributed by atoms with Crippen LogP contribution in [0.1, 0.15) is 54.9 Å². The lowest BCUT2D eigenvalue weighted by Crippen LogP contribution is -2.48. The minimum absolute atomic E-state index is 0.0316. The minimum Gasteiger partial charge on any atom is -0.448 e. The molecule has 1 aliphatic heterocycles. The van der Waals surface area contributed by atoms with Gasteiger partial charge in [-0.25, -0.2) is 9.67 Å². The quantitative estimate of drug-likeness (QED) is 0.257. The second-order valence-corrected chi connectivity index (χ2v) is 12.2. The van der Waals surface area contributed by atoms with E-state index in [0.29, 0.717) is 75.1 Å². The number of likely N-dealkylation sites (tertiary alicyclic amines) is 1. The van der Waals surface area contributed by atoms with Gasteiger partial charge in [0.15, 0.2) is 6.39 Å². The van der Waals surface area contributed by atoms with Crippen molar-refractivity contribution in [3.8, 4) is 11.3 Å². The molecule has 1 N–H and O–H groups in total. The molecule has 208 valence electrons. The molecule has 1 aliphatic rings. The normalized spacial score (nSPS) is 13.8. The van der Waals surface area contributed by atoms with Crippen LogP contribution in [0.5, 0.6) is 0 Å². The van der Waals surface area contributed by atoms with Gasteiger partial charge in [0.1, 0.15) is 17.1 Å². The first-order valence-electron chi connectivity index (χ1n) is 12.6. The molecule has 0 spiro atoms. The van der Waals surface area contributed by atoms with Gasteiger partial charge in [-0.05, 0) is 35.7 Å². The number of oxazole rings is 1. The van der Waals surface area contributed by atoms with Crippen molar-refractivity contribution >= 4 is 52.3 Å². The maximum atomic E-state index is 13.2. The molecular weight excluding hydrogens is 575 g/mol. The van der Waals surface area contributed by atoms with Gasteiger partial charge in [0.2, 0.25) is 5.91 Å². The van der Waals surface area contributed by atoms with Gasteiger partial charge in [0.25, 0.3) is 5.91 Å². The van der Waals surface area contributed by atoms with Crippen molar-refractivity contribution in [1.29, 1.82) is 0 Å². The number of hydrogen-bond acceptors (Lipinski definition) is 6. The Bertz CT molecular complexity index is 1550. The number of carbonyl (C=O) groups is 2. The molecule has 2 amide bonds. The molecule has 3 heterocycles. The maximum absolute atomic E-state index is 13.2. The molecule has 40 heavy (non-hydrogen) atoms. The Morgan fingerprint density at radius 3 is 2.50 bits per heavy atom. The topological polar surface area (TPSA) is 106 Å². The van der Waals surface area contributed by atoms with Crippen LogP contribution in [-0.4, -0.2) is 49.8 Å². The van der Waals surface area contributed by atoms with Crippen LogP contribution in [0.15, 0.2) is 53.4 Å². The number of halogens is 3. The van der Waals surface area contributed by atoms with E-state index in [4.69, 9.17) is 39.2 Å². The third kappa shape index (κ3) is 6.16. The predicted molar refractivity (Wildman–Crippen MR) is 154 cm³/mol. The summed E-state index contributed by atoms with van der Waals surface area (Å²) in [5, 5.41) is 12.6. The smallest absolute Gasteiger partial charge is 0.255 e. The van der Waals surface area contributed by atoms with Crippen molar-refractivity contribution in [3.63, 3.8) is 0 Å². The predicted octanol–water partition coefficient (Wildman–Crippen LogP) is 6.56. The second-order valence-electron chi connectivity index (χ2n) is 10.9. The molecular formula is C28H27Cl3N6O3. The zero-order valence-electron chi connectivity index (χ0n) is 22.1. The van der Waals surface area contributed by atoms with Crippen LogP contribution < -0.4 is 5.32 Å². The number of rotatable bonds is 7. The highest BCUT2D eigenvalue weighted by Crippen LogP contribution is 2.35. The fourth-order valence-corrected chi connectivity index (χ4v) is 5.34. The van der Waals surface area contributed by atoms with Crippen molar-refractivity contribution in [2.24, 2.45) is 5.41 Å². The van der Waals surface area contributed by atoms with Gasteiger partial charge in [-0.2, -0.15) is 0 Å². The third-order valence-corrected chi connectivity index (χ3v) is 7.41. The number of carbonyl (C=O) groups excluding carboxylic acids is 2. The number of aromatic nitrogens is 4. The monoisotopic (exact) mass is 600 g/mol. The molecule has 9 nitrogen and oxygen atoms in total. The second kappa shape index (κ2) is 11.2. The summed E-state index contributed by atoms with van der Waals surface area (Å²) in [6.45, 7) is 7.18. The highest BCUT2D eigenvalue weighted by atomic mass is 35.5. The molecule has 0 aliphatic carbocycles. The Morgan fingerprint density at radius 2 is 1.80 bits per heavy atom. The molecule has 12 heteroatoms. The van der Waals surface area contributed by atoms with E-state index in [-0.39, 0.29) is 23.1 Å². The van der Waals surface area contributed by atoms with Crippen molar-refractivity contribution in [2.75, 3.05) is 18.4 Å². The van der Waals surface area contributed by atoms with Crippen molar-refractivity contribution in [2.45, 2.75) is 39.7 Å². The van der Waals surface area contributed by atoms with Crippen LogP contribution in [0.4, 0.5) is 5.69 Å². The Hall–Kier alpha value is -3.40. The molecule has 0 atom stereocenters. The molecule has 4 aromatic rings. The summed E-state index contributed by atoms with van der Waals surface area (Å²) in [6.07, 6.45) is 3.49. The fourth-order valence-electron chi connectivity index (χ4n) is 4.55. The van der Waals surface area contributed by atoms with Crippen LogP contribution in [0.3, 0.4) is 0 Å². The molecule has 0 saturated carbocycles. The first-order valence-corrected chi connectivity index (χ1v) is 13.8. The van der Waals surface area contributed by atoms with E-state index < -0.39 is 0 Å². The molecule has 0 radical (unpaired) electrons. The van der Waals surface area contributed by atoms with Crippen LogP contribution in [-0.2, 0) is 11.3 Å². The number of anilines is 1. The summed E-state index contributed by atoms with van der Waals surface area (Å²) < 4.78 is 7.34. The van der Waals surface area contributed by atoms with Crippen LogP contribution in [0, 0.1) is 5.41 Å². The van der Waals surface area contributed by atoms with E-state index in [1.807, 2.05) is 20.8 Å². The number of amides is 2. The van der Waals surface area contributed by atoms with E-state index in [2.05, 4.69) is 20.6 Å². The summed E-state index contributed by atoms with van der Waals surface area (Å²) in [7, 11) is 0. The third-order valence-electron chi connectivity index (χ3n) is 6.45. The van der Waals surface area contributed by atoms with E-state index >= 15 is 0 Å². The Balaban J connectivity index is 1.23. The lowest BCUT2D eigenvalue weighted by molar-refractivity contribution is -0.117. The number of benzene rings is 2.